The lowest BCUT2D eigenvalue weighted by molar-refractivity contribution is -0.142. The van der Waals surface area contributed by atoms with Gasteiger partial charge in [-0.3, -0.25) is 4.79 Å². The van der Waals surface area contributed by atoms with Crippen molar-refractivity contribution in [2.24, 2.45) is 11.8 Å². The zero-order chi connectivity index (χ0) is 21.3. The number of halogens is 2. The molecule has 0 unspecified atom stereocenters. The molecule has 10 heteroatoms. The molecule has 1 amide bonds. The zero-order valence-electron chi connectivity index (χ0n) is 16.6. The topological polar surface area (TPSA) is 76.2 Å². The third-order valence-electron chi connectivity index (χ3n) is 6.20. The van der Waals surface area contributed by atoms with Crippen LogP contribution in [0.1, 0.15) is 25.7 Å². The van der Waals surface area contributed by atoms with Gasteiger partial charge in [0.15, 0.2) is 6.29 Å². The third kappa shape index (κ3) is 4.64. The minimum Gasteiger partial charge on any atom is -0.350 e. The number of piperidine rings is 2. The lowest BCUT2D eigenvalue weighted by atomic mass is 9.92. The maximum absolute atomic E-state index is 13.0. The van der Waals surface area contributed by atoms with Crippen LogP contribution in [0, 0.1) is 11.8 Å². The molecular formula is C20H26Cl2N2O5S. The van der Waals surface area contributed by atoms with Crippen LogP contribution in [0.4, 0.5) is 0 Å². The molecule has 3 heterocycles. The summed E-state index contributed by atoms with van der Waals surface area (Å²) in [6, 6.07) is 4.42. The molecule has 0 saturated carbocycles. The van der Waals surface area contributed by atoms with E-state index in [1.807, 2.05) is 4.90 Å². The summed E-state index contributed by atoms with van der Waals surface area (Å²) in [5.74, 6) is 0.312. The molecule has 0 radical (unpaired) electrons. The first-order valence-electron chi connectivity index (χ1n) is 10.3. The number of carbonyl (C=O) groups is 1. The normalized spacial score (nSPS) is 23.2. The number of sulfonamides is 1. The van der Waals surface area contributed by atoms with Gasteiger partial charge in [-0.1, -0.05) is 23.2 Å². The summed E-state index contributed by atoms with van der Waals surface area (Å²) in [5.41, 5.74) is 0. The van der Waals surface area contributed by atoms with Crippen molar-refractivity contribution in [2.75, 3.05) is 39.4 Å². The molecule has 3 aliphatic rings. The largest absolute Gasteiger partial charge is 0.350 e. The molecule has 3 saturated heterocycles. The Hall–Kier alpha value is -0.900. The van der Waals surface area contributed by atoms with Gasteiger partial charge in [-0.05, 0) is 43.9 Å². The van der Waals surface area contributed by atoms with Gasteiger partial charge in [-0.15, -0.1) is 0 Å². The van der Waals surface area contributed by atoms with Gasteiger partial charge in [0.2, 0.25) is 15.9 Å². The number of amides is 1. The summed E-state index contributed by atoms with van der Waals surface area (Å²) in [6.07, 6.45) is 2.62. The third-order valence-corrected chi connectivity index (χ3v) is 8.81. The highest BCUT2D eigenvalue weighted by Crippen LogP contribution is 2.32. The van der Waals surface area contributed by atoms with Crippen molar-refractivity contribution < 1.29 is 22.7 Å². The summed E-state index contributed by atoms with van der Waals surface area (Å²) < 4.78 is 38.5. The van der Waals surface area contributed by atoms with Gasteiger partial charge in [0.25, 0.3) is 0 Å². The number of likely N-dealkylation sites (tertiary alicyclic amines) is 1. The van der Waals surface area contributed by atoms with Crippen molar-refractivity contribution in [1.29, 1.82) is 0 Å². The van der Waals surface area contributed by atoms with E-state index in [0.717, 1.165) is 12.8 Å². The van der Waals surface area contributed by atoms with Gasteiger partial charge in [0.05, 0.1) is 18.2 Å². The quantitative estimate of drug-likeness (QED) is 0.667. The molecule has 0 atom stereocenters. The van der Waals surface area contributed by atoms with Gasteiger partial charge in [0.1, 0.15) is 4.90 Å². The Morgan fingerprint density at radius 3 is 2.23 bits per heavy atom. The first-order chi connectivity index (χ1) is 14.4. The molecule has 0 aromatic heterocycles. The van der Waals surface area contributed by atoms with Crippen molar-refractivity contribution in [3.63, 3.8) is 0 Å². The lowest BCUT2D eigenvalue weighted by Crippen LogP contribution is -2.47. The van der Waals surface area contributed by atoms with E-state index in [2.05, 4.69) is 0 Å². The van der Waals surface area contributed by atoms with Crippen molar-refractivity contribution in [1.82, 2.24) is 9.21 Å². The molecule has 0 aliphatic carbocycles. The van der Waals surface area contributed by atoms with Gasteiger partial charge < -0.3 is 14.4 Å². The first kappa shape index (κ1) is 22.3. The summed E-state index contributed by atoms with van der Waals surface area (Å²) in [7, 11) is -3.74. The fraction of sp³-hybridized carbons (Fsp3) is 0.650. The highest BCUT2D eigenvalue weighted by atomic mass is 35.5. The monoisotopic (exact) mass is 476 g/mol. The van der Waals surface area contributed by atoms with Crippen LogP contribution in [0.5, 0.6) is 0 Å². The van der Waals surface area contributed by atoms with Crippen LogP contribution >= 0.6 is 23.2 Å². The highest BCUT2D eigenvalue weighted by molar-refractivity contribution is 7.89. The number of hydrogen-bond acceptors (Lipinski definition) is 5. The predicted octanol–water partition coefficient (Wildman–Crippen LogP) is 3.01. The fourth-order valence-corrected chi connectivity index (χ4v) is 6.66. The van der Waals surface area contributed by atoms with E-state index < -0.39 is 10.0 Å². The van der Waals surface area contributed by atoms with Gasteiger partial charge in [-0.25, -0.2) is 8.42 Å². The maximum atomic E-state index is 13.0. The Kier molecular flexibility index (Phi) is 6.91. The Bertz CT molecular complexity index is 875. The van der Waals surface area contributed by atoms with Crippen molar-refractivity contribution >= 4 is 39.1 Å². The number of nitrogens with zero attached hydrogens (tertiary/aromatic N) is 2. The molecule has 4 rings (SSSR count). The Morgan fingerprint density at radius 1 is 0.967 bits per heavy atom. The minimum atomic E-state index is -3.74. The fourth-order valence-electron chi connectivity index (χ4n) is 4.46. The summed E-state index contributed by atoms with van der Waals surface area (Å²) in [4.78, 5) is 14.9. The van der Waals surface area contributed by atoms with Crippen LogP contribution in [-0.2, 0) is 24.3 Å². The summed E-state index contributed by atoms with van der Waals surface area (Å²) in [5, 5.41) is 0.468. The van der Waals surface area contributed by atoms with E-state index in [1.54, 1.807) is 6.07 Å². The number of hydrogen-bond donors (Lipinski definition) is 0. The Morgan fingerprint density at radius 2 is 1.60 bits per heavy atom. The van der Waals surface area contributed by atoms with Gasteiger partial charge in [-0.2, -0.15) is 4.31 Å². The molecule has 1 aromatic rings. The molecular weight excluding hydrogens is 451 g/mol. The van der Waals surface area contributed by atoms with Crippen LogP contribution < -0.4 is 0 Å². The Labute approximate surface area is 187 Å². The predicted molar refractivity (Wildman–Crippen MR) is 113 cm³/mol. The molecule has 0 bridgehead atoms. The van der Waals surface area contributed by atoms with E-state index in [-0.39, 0.29) is 28.0 Å². The first-order valence-corrected chi connectivity index (χ1v) is 12.5. The summed E-state index contributed by atoms with van der Waals surface area (Å²) >= 11 is 12.1. The molecule has 7 nitrogen and oxygen atoms in total. The van der Waals surface area contributed by atoms with Crippen LogP contribution in [-0.4, -0.2) is 69.2 Å². The second kappa shape index (κ2) is 9.30. The lowest BCUT2D eigenvalue weighted by Gasteiger charge is -2.37. The van der Waals surface area contributed by atoms with E-state index in [0.29, 0.717) is 63.2 Å². The average molecular weight is 477 g/mol. The molecule has 3 aliphatic heterocycles. The number of rotatable bonds is 4. The second-order valence-electron chi connectivity index (χ2n) is 8.03. The number of benzene rings is 1. The average Bonchev–Trinajstić information content (AvgIpc) is 3.30. The number of carbonyl (C=O) groups excluding carboxylic acids is 1. The van der Waals surface area contributed by atoms with Crippen molar-refractivity contribution in [3.05, 3.63) is 28.2 Å². The summed E-state index contributed by atoms with van der Waals surface area (Å²) in [6.45, 7) is 3.27. The van der Waals surface area contributed by atoms with Crippen LogP contribution in [0.2, 0.25) is 10.0 Å². The standard InChI is InChI=1S/C20H26Cl2N2O5S/c21-16-1-2-17(22)18(13-16)30(26,27)24-9-5-14(6-10-24)19(25)23-7-3-15(4-8-23)20-28-11-12-29-20/h1-2,13-15,20H,3-12H2. The van der Waals surface area contributed by atoms with Crippen LogP contribution in [0.3, 0.4) is 0 Å². The highest BCUT2D eigenvalue weighted by Gasteiger charge is 2.37. The van der Waals surface area contributed by atoms with Crippen molar-refractivity contribution in [3.8, 4) is 0 Å². The SMILES string of the molecule is O=C(C1CCN(S(=O)(=O)c2cc(Cl)ccc2Cl)CC1)N1CCC(C2OCCO2)CC1. The molecule has 166 valence electrons. The van der Waals surface area contributed by atoms with Gasteiger partial charge >= 0.3 is 0 Å². The smallest absolute Gasteiger partial charge is 0.244 e. The molecule has 1 aromatic carbocycles. The van der Waals surface area contributed by atoms with E-state index >= 15 is 0 Å². The van der Waals surface area contributed by atoms with E-state index in [4.69, 9.17) is 32.7 Å². The number of ether oxygens (including phenoxy) is 2. The molecule has 30 heavy (non-hydrogen) atoms. The minimum absolute atomic E-state index is 0.0138. The van der Waals surface area contributed by atoms with E-state index in [1.165, 1.54) is 16.4 Å². The van der Waals surface area contributed by atoms with Crippen molar-refractivity contribution in [2.45, 2.75) is 36.9 Å². The molecule has 3 fully saturated rings. The van der Waals surface area contributed by atoms with Crippen LogP contribution in [0.15, 0.2) is 23.1 Å². The molecule has 0 N–H and O–H groups in total. The Balaban J connectivity index is 1.32. The van der Waals surface area contributed by atoms with E-state index in [9.17, 15) is 13.2 Å². The molecule has 0 spiro atoms. The van der Waals surface area contributed by atoms with Gasteiger partial charge in [0, 0.05) is 43.0 Å². The maximum Gasteiger partial charge on any atom is 0.244 e. The zero-order valence-corrected chi connectivity index (χ0v) is 19.0. The van der Waals surface area contributed by atoms with Crippen LogP contribution in [0.25, 0.3) is 0 Å². The second-order valence-corrected chi connectivity index (χ2v) is 10.8.